The molecule has 0 aromatic heterocycles. The van der Waals surface area contributed by atoms with Crippen molar-refractivity contribution in [3.63, 3.8) is 0 Å². The second-order valence-corrected chi connectivity index (χ2v) is 5.19. The number of nitrogens with zero attached hydrogens (tertiary/aromatic N) is 1. The van der Waals surface area contributed by atoms with Gasteiger partial charge in [0.2, 0.25) is 0 Å². The van der Waals surface area contributed by atoms with Crippen LogP contribution >= 0.6 is 11.6 Å². The number of benzene rings is 1. The van der Waals surface area contributed by atoms with Crippen LogP contribution in [0.1, 0.15) is 39.2 Å². The van der Waals surface area contributed by atoms with Crippen molar-refractivity contribution in [2.75, 3.05) is 6.54 Å². The SMILES string of the molecule is CCCC(C)NCC(C)Oc1ccc(C#N)c(Cl)c1. The van der Waals surface area contributed by atoms with Crippen molar-refractivity contribution in [2.24, 2.45) is 0 Å². The highest BCUT2D eigenvalue weighted by molar-refractivity contribution is 6.31. The monoisotopic (exact) mass is 280 g/mol. The molecule has 0 saturated heterocycles. The van der Waals surface area contributed by atoms with Gasteiger partial charge in [0, 0.05) is 18.7 Å². The van der Waals surface area contributed by atoms with Gasteiger partial charge >= 0.3 is 0 Å². The average Bonchev–Trinajstić information content (AvgIpc) is 2.37. The molecule has 19 heavy (non-hydrogen) atoms. The number of hydrogen-bond donors (Lipinski definition) is 1. The highest BCUT2D eigenvalue weighted by atomic mass is 35.5. The van der Waals surface area contributed by atoms with E-state index in [0.29, 0.717) is 22.4 Å². The number of ether oxygens (including phenoxy) is 1. The summed E-state index contributed by atoms with van der Waals surface area (Å²) in [6.07, 6.45) is 2.40. The summed E-state index contributed by atoms with van der Waals surface area (Å²) in [6.45, 7) is 7.15. The van der Waals surface area contributed by atoms with Crippen LogP contribution in [-0.2, 0) is 0 Å². The second-order valence-electron chi connectivity index (χ2n) is 4.78. The van der Waals surface area contributed by atoms with Crippen molar-refractivity contribution < 1.29 is 4.74 Å². The Kier molecular flexibility index (Phi) is 6.69. The summed E-state index contributed by atoms with van der Waals surface area (Å²) < 4.78 is 5.77. The van der Waals surface area contributed by atoms with Gasteiger partial charge in [-0.25, -0.2) is 0 Å². The van der Waals surface area contributed by atoms with Crippen LogP contribution in [-0.4, -0.2) is 18.7 Å². The van der Waals surface area contributed by atoms with Crippen LogP contribution < -0.4 is 10.1 Å². The van der Waals surface area contributed by atoms with E-state index in [1.165, 1.54) is 6.42 Å². The Balaban J connectivity index is 2.46. The van der Waals surface area contributed by atoms with E-state index >= 15 is 0 Å². The van der Waals surface area contributed by atoms with Gasteiger partial charge in [-0.2, -0.15) is 5.26 Å². The van der Waals surface area contributed by atoms with Crippen molar-refractivity contribution in [1.29, 1.82) is 5.26 Å². The van der Waals surface area contributed by atoms with Gasteiger partial charge < -0.3 is 10.1 Å². The first kappa shape index (κ1) is 15.8. The maximum atomic E-state index is 8.80. The fourth-order valence-corrected chi connectivity index (χ4v) is 2.05. The molecule has 1 rings (SSSR count). The molecule has 3 nitrogen and oxygen atoms in total. The normalized spacial score (nSPS) is 13.6. The van der Waals surface area contributed by atoms with Gasteiger partial charge in [-0.1, -0.05) is 24.9 Å². The van der Waals surface area contributed by atoms with E-state index in [1.54, 1.807) is 18.2 Å². The minimum absolute atomic E-state index is 0.0586. The average molecular weight is 281 g/mol. The van der Waals surface area contributed by atoms with E-state index in [1.807, 2.05) is 13.0 Å². The molecule has 104 valence electrons. The molecule has 2 unspecified atom stereocenters. The highest BCUT2D eigenvalue weighted by Gasteiger charge is 2.08. The van der Waals surface area contributed by atoms with E-state index in [-0.39, 0.29) is 6.10 Å². The van der Waals surface area contributed by atoms with E-state index in [4.69, 9.17) is 21.6 Å². The number of rotatable bonds is 7. The van der Waals surface area contributed by atoms with Crippen LogP contribution in [0, 0.1) is 11.3 Å². The summed E-state index contributed by atoms with van der Waals surface area (Å²) in [6, 6.07) is 7.67. The Bertz CT molecular complexity index is 442. The first-order chi connectivity index (χ1) is 9.06. The second kappa shape index (κ2) is 8.04. The van der Waals surface area contributed by atoms with Crippen LogP contribution in [0.15, 0.2) is 18.2 Å². The fraction of sp³-hybridized carbons (Fsp3) is 0.533. The highest BCUT2D eigenvalue weighted by Crippen LogP contribution is 2.22. The van der Waals surface area contributed by atoms with Crippen LogP contribution in [0.4, 0.5) is 0 Å². The molecular weight excluding hydrogens is 260 g/mol. The van der Waals surface area contributed by atoms with E-state index in [2.05, 4.69) is 19.2 Å². The minimum atomic E-state index is 0.0586. The van der Waals surface area contributed by atoms with Crippen LogP contribution in [0.3, 0.4) is 0 Å². The molecule has 0 aliphatic rings. The third-order valence-electron chi connectivity index (χ3n) is 2.87. The minimum Gasteiger partial charge on any atom is -0.489 e. The van der Waals surface area contributed by atoms with Crippen LogP contribution in [0.2, 0.25) is 5.02 Å². The molecule has 4 heteroatoms. The Morgan fingerprint density at radius 2 is 2.16 bits per heavy atom. The summed E-state index contributed by atoms with van der Waals surface area (Å²) in [4.78, 5) is 0. The standard InChI is InChI=1S/C15H21ClN2O/c1-4-5-11(2)18-10-12(3)19-14-7-6-13(9-17)15(16)8-14/h6-8,11-12,18H,4-5,10H2,1-3H3. The van der Waals surface area contributed by atoms with Crippen molar-refractivity contribution in [3.8, 4) is 11.8 Å². The zero-order chi connectivity index (χ0) is 14.3. The zero-order valence-electron chi connectivity index (χ0n) is 11.7. The fourth-order valence-electron chi connectivity index (χ4n) is 1.84. The Hall–Kier alpha value is -1.24. The number of nitriles is 1. The number of halogens is 1. The summed E-state index contributed by atoms with van der Waals surface area (Å²) >= 11 is 5.96. The summed E-state index contributed by atoms with van der Waals surface area (Å²) in [7, 11) is 0. The lowest BCUT2D eigenvalue weighted by Crippen LogP contribution is -2.34. The molecule has 0 spiro atoms. The maximum absolute atomic E-state index is 8.80. The number of nitrogens with one attached hydrogen (secondary N) is 1. The van der Waals surface area contributed by atoms with Gasteiger partial charge in [0.15, 0.2) is 0 Å². The van der Waals surface area contributed by atoms with E-state index in [0.717, 1.165) is 13.0 Å². The number of hydrogen-bond acceptors (Lipinski definition) is 3. The topological polar surface area (TPSA) is 45.0 Å². The molecule has 1 aromatic carbocycles. The molecule has 0 saturated carbocycles. The van der Waals surface area contributed by atoms with E-state index < -0.39 is 0 Å². The van der Waals surface area contributed by atoms with Gasteiger partial charge in [-0.3, -0.25) is 0 Å². The zero-order valence-corrected chi connectivity index (χ0v) is 12.5. The van der Waals surface area contributed by atoms with Crippen molar-refractivity contribution >= 4 is 11.6 Å². The first-order valence-corrected chi connectivity index (χ1v) is 7.04. The van der Waals surface area contributed by atoms with Crippen molar-refractivity contribution in [3.05, 3.63) is 28.8 Å². The smallest absolute Gasteiger partial charge is 0.121 e. The molecule has 0 bridgehead atoms. The predicted molar refractivity (Wildman–Crippen MR) is 78.6 cm³/mol. The van der Waals surface area contributed by atoms with Gasteiger partial charge in [0.1, 0.15) is 17.9 Å². The lowest BCUT2D eigenvalue weighted by Gasteiger charge is -2.19. The summed E-state index contributed by atoms with van der Waals surface area (Å²) in [5, 5.41) is 12.7. The quantitative estimate of drug-likeness (QED) is 0.827. The van der Waals surface area contributed by atoms with Crippen LogP contribution in [0.25, 0.3) is 0 Å². The molecule has 0 aliphatic carbocycles. The molecule has 0 amide bonds. The van der Waals surface area contributed by atoms with Gasteiger partial charge in [-0.05, 0) is 32.4 Å². The van der Waals surface area contributed by atoms with Gasteiger partial charge in [0.25, 0.3) is 0 Å². The molecular formula is C15H21ClN2O. The van der Waals surface area contributed by atoms with Gasteiger partial charge in [0.05, 0.1) is 10.6 Å². The largest absolute Gasteiger partial charge is 0.489 e. The Morgan fingerprint density at radius 1 is 1.42 bits per heavy atom. The maximum Gasteiger partial charge on any atom is 0.121 e. The summed E-state index contributed by atoms with van der Waals surface area (Å²) in [5.41, 5.74) is 0.469. The molecule has 2 atom stereocenters. The third kappa shape index (κ3) is 5.50. The van der Waals surface area contributed by atoms with Crippen LogP contribution in [0.5, 0.6) is 5.75 Å². The Labute approximate surface area is 120 Å². The molecule has 1 N–H and O–H groups in total. The van der Waals surface area contributed by atoms with E-state index in [9.17, 15) is 0 Å². The molecule has 0 radical (unpaired) electrons. The molecule has 0 fully saturated rings. The lowest BCUT2D eigenvalue weighted by molar-refractivity contribution is 0.211. The third-order valence-corrected chi connectivity index (χ3v) is 3.19. The molecule has 0 heterocycles. The first-order valence-electron chi connectivity index (χ1n) is 6.66. The molecule has 1 aromatic rings. The van der Waals surface area contributed by atoms with Crippen molar-refractivity contribution in [1.82, 2.24) is 5.32 Å². The predicted octanol–water partition coefficient (Wildman–Crippen LogP) is 3.76. The summed E-state index contributed by atoms with van der Waals surface area (Å²) in [5.74, 6) is 0.696. The Morgan fingerprint density at radius 3 is 2.74 bits per heavy atom. The lowest BCUT2D eigenvalue weighted by atomic mass is 10.2. The van der Waals surface area contributed by atoms with Gasteiger partial charge in [-0.15, -0.1) is 0 Å². The molecule has 0 aliphatic heterocycles. The van der Waals surface area contributed by atoms with Crippen molar-refractivity contribution in [2.45, 2.75) is 45.8 Å².